The molecule has 7 heteroatoms. The Balaban J connectivity index is 2.36. The number of nitrogens with one attached hydrogen (secondary N) is 1. The van der Waals surface area contributed by atoms with E-state index in [1.165, 1.54) is 6.08 Å². The predicted molar refractivity (Wildman–Crippen MR) is 51.4 cm³/mol. The molecule has 1 unspecified atom stereocenters. The summed E-state index contributed by atoms with van der Waals surface area (Å²) in [4.78, 5) is 23.9. The van der Waals surface area contributed by atoms with E-state index in [9.17, 15) is 14.0 Å². The molecular weight excluding hydrogens is 219 g/mol. The second-order valence-electron chi connectivity index (χ2n) is 3.28. The van der Waals surface area contributed by atoms with E-state index < -0.39 is 29.4 Å². The van der Waals surface area contributed by atoms with Crippen LogP contribution in [0, 0.1) is 5.82 Å². The lowest BCUT2D eigenvalue weighted by molar-refractivity contribution is -0.0108. The number of aromatic nitrogens is 2. The maximum absolute atomic E-state index is 13.0. The zero-order valence-corrected chi connectivity index (χ0v) is 8.09. The largest absolute Gasteiger partial charge is 0.393 e. The minimum atomic E-state index is -1.07. The lowest BCUT2D eigenvalue weighted by Crippen LogP contribution is -2.34. The summed E-state index contributed by atoms with van der Waals surface area (Å²) in [6.45, 7) is -0.229. The van der Waals surface area contributed by atoms with Crippen molar-refractivity contribution in [1.29, 1.82) is 0 Å². The quantitative estimate of drug-likeness (QED) is 0.644. The second kappa shape index (κ2) is 4.03. The molecule has 6 nitrogen and oxygen atoms in total. The van der Waals surface area contributed by atoms with Crippen LogP contribution in [0.5, 0.6) is 0 Å². The minimum Gasteiger partial charge on any atom is -0.393 e. The van der Waals surface area contributed by atoms with Gasteiger partial charge in [-0.15, -0.1) is 0 Å². The molecule has 2 atom stereocenters. The molecule has 0 radical (unpaired) electrons. The molecule has 2 N–H and O–H groups in total. The highest BCUT2D eigenvalue weighted by molar-refractivity contribution is 5.02. The Kier molecular flexibility index (Phi) is 2.71. The zero-order chi connectivity index (χ0) is 11.7. The number of ether oxygens (including phenoxy) is 1. The van der Waals surface area contributed by atoms with Crippen LogP contribution in [0.3, 0.4) is 0 Å². The first-order chi connectivity index (χ1) is 7.61. The molecule has 1 aliphatic rings. The van der Waals surface area contributed by atoms with Crippen LogP contribution in [0.2, 0.25) is 0 Å². The van der Waals surface area contributed by atoms with Gasteiger partial charge in [0, 0.05) is 0 Å². The molecular formula is C9H9FN2O4. The summed E-state index contributed by atoms with van der Waals surface area (Å²) in [5.41, 5.74) is -1.83. The topological polar surface area (TPSA) is 84.3 Å². The normalized spacial score (nSPS) is 23.9. The standard InChI is InChI=1S/C9H9FN2O4/c10-6-3-12(9(15)11-8(6)14)7-2-1-5(4-13)16-7/h1-3,5,7,13H,4H2,(H,11,14,15)/t5-,7?/m0/s1. The van der Waals surface area contributed by atoms with Gasteiger partial charge in [-0.2, -0.15) is 4.39 Å². The van der Waals surface area contributed by atoms with Crippen LogP contribution in [0.4, 0.5) is 4.39 Å². The lowest BCUT2D eigenvalue weighted by atomic mass is 10.4. The Morgan fingerprint density at radius 2 is 2.25 bits per heavy atom. The van der Waals surface area contributed by atoms with Crippen LogP contribution in [-0.4, -0.2) is 27.4 Å². The van der Waals surface area contributed by atoms with E-state index in [0.29, 0.717) is 0 Å². The van der Waals surface area contributed by atoms with Crippen molar-refractivity contribution < 1.29 is 14.2 Å². The van der Waals surface area contributed by atoms with Crippen LogP contribution in [0.25, 0.3) is 0 Å². The first-order valence-electron chi connectivity index (χ1n) is 4.57. The number of halogens is 1. The highest BCUT2D eigenvalue weighted by atomic mass is 19.1. The van der Waals surface area contributed by atoms with Crippen LogP contribution < -0.4 is 11.2 Å². The average molecular weight is 228 g/mol. The predicted octanol–water partition coefficient (Wildman–Crippen LogP) is -0.878. The number of H-pyrrole nitrogens is 1. The molecule has 0 saturated heterocycles. The van der Waals surface area contributed by atoms with Crippen molar-refractivity contribution in [3.8, 4) is 0 Å². The SMILES string of the molecule is O=c1[nH]c(=O)n(C2C=C[C@@H](CO)O2)cc1F. The summed E-state index contributed by atoms with van der Waals surface area (Å²) in [6, 6.07) is 0. The minimum absolute atomic E-state index is 0.229. The van der Waals surface area contributed by atoms with E-state index in [1.54, 1.807) is 6.08 Å². The van der Waals surface area contributed by atoms with E-state index in [-0.39, 0.29) is 6.61 Å². The van der Waals surface area contributed by atoms with E-state index in [2.05, 4.69) is 0 Å². The number of nitrogens with zero attached hydrogens (tertiary/aromatic N) is 1. The van der Waals surface area contributed by atoms with Crippen molar-refractivity contribution in [3.63, 3.8) is 0 Å². The Morgan fingerprint density at radius 1 is 1.50 bits per heavy atom. The summed E-state index contributed by atoms with van der Waals surface area (Å²) in [6.07, 6.45) is 2.50. The number of hydrogen-bond donors (Lipinski definition) is 2. The van der Waals surface area contributed by atoms with E-state index in [4.69, 9.17) is 9.84 Å². The van der Waals surface area contributed by atoms with Gasteiger partial charge >= 0.3 is 5.69 Å². The fraction of sp³-hybridized carbons (Fsp3) is 0.333. The monoisotopic (exact) mass is 228 g/mol. The third-order valence-corrected chi connectivity index (χ3v) is 2.18. The smallest absolute Gasteiger partial charge is 0.330 e. The van der Waals surface area contributed by atoms with Crippen LogP contribution in [-0.2, 0) is 4.74 Å². The van der Waals surface area contributed by atoms with Gasteiger partial charge in [0.25, 0.3) is 5.56 Å². The van der Waals surface area contributed by atoms with E-state index in [1.807, 2.05) is 4.98 Å². The number of aliphatic hydroxyl groups excluding tert-OH is 1. The second-order valence-corrected chi connectivity index (χ2v) is 3.28. The van der Waals surface area contributed by atoms with Crippen molar-refractivity contribution in [2.45, 2.75) is 12.3 Å². The molecule has 0 spiro atoms. The molecule has 0 bridgehead atoms. The van der Waals surface area contributed by atoms with Gasteiger partial charge in [-0.3, -0.25) is 14.3 Å². The fourth-order valence-electron chi connectivity index (χ4n) is 1.40. The van der Waals surface area contributed by atoms with Crippen molar-refractivity contribution in [3.05, 3.63) is 45.0 Å². The van der Waals surface area contributed by atoms with E-state index in [0.717, 1.165) is 10.8 Å². The van der Waals surface area contributed by atoms with Crippen molar-refractivity contribution >= 4 is 0 Å². The van der Waals surface area contributed by atoms with Crippen LogP contribution in [0.15, 0.2) is 27.9 Å². The third-order valence-electron chi connectivity index (χ3n) is 2.18. The molecule has 16 heavy (non-hydrogen) atoms. The molecule has 0 aromatic carbocycles. The van der Waals surface area contributed by atoms with Crippen molar-refractivity contribution in [2.24, 2.45) is 0 Å². The number of hydrogen-bond acceptors (Lipinski definition) is 4. The summed E-state index contributed by atoms with van der Waals surface area (Å²) in [5.74, 6) is -1.07. The maximum Gasteiger partial charge on any atom is 0.330 e. The average Bonchev–Trinajstić information content (AvgIpc) is 2.71. The van der Waals surface area contributed by atoms with Gasteiger partial charge in [0.2, 0.25) is 5.82 Å². The molecule has 0 amide bonds. The summed E-state index contributed by atoms with van der Waals surface area (Å²) < 4.78 is 19.1. The zero-order valence-electron chi connectivity index (χ0n) is 8.09. The van der Waals surface area contributed by atoms with E-state index >= 15 is 0 Å². The molecule has 1 aromatic heterocycles. The van der Waals surface area contributed by atoms with Gasteiger partial charge in [0.15, 0.2) is 6.23 Å². The molecule has 0 saturated carbocycles. The number of aromatic amines is 1. The maximum atomic E-state index is 13.0. The molecule has 0 aliphatic carbocycles. The first-order valence-corrected chi connectivity index (χ1v) is 4.57. The Morgan fingerprint density at radius 3 is 2.88 bits per heavy atom. The summed E-state index contributed by atoms with van der Waals surface area (Å²) >= 11 is 0. The first kappa shape index (κ1) is 10.8. The Hall–Kier alpha value is -1.73. The molecule has 0 fully saturated rings. The third kappa shape index (κ3) is 1.82. The van der Waals surface area contributed by atoms with Gasteiger partial charge in [-0.1, -0.05) is 6.08 Å². The van der Waals surface area contributed by atoms with Crippen LogP contribution in [0.1, 0.15) is 6.23 Å². The highest BCUT2D eigenvalue weighted by Crippen LogP contribution is 2.18. The van der Waals surface area contributed by atoms with Gasteiger partial charge < -0.3 is 9.84 Å². The molecule has 86 valence electrons. The molecule has 2 rings (SSSR count). The van der Waals surface area contributed by atoms with Crippen molar-refractivity contribution in [1.82, 2.24) is 9.55 Å². The fourth-order valence-corrected chi connectivity index (χ4v) is 1.40. The number of aliphatic hydroxyl groups is 1. The highest BCUT2D eigenvalue weighted by Gasteiger charge is 2.21. The van der Waals surface area contributed by atoms with Crippen LogP contribution >= 0.6 is 0 Å². The Bertz CT molecular complexity index is 533. The van der Waals surface area contributed by atoms with Gasteiger partial charge in [-0.05, 0) is 6.08 Å². The lowest BCUT2D eigenvalue weighted by Gasteiger charge is -2.14. The van der Waals surface area contributed by atoms with Gasteiger partial charge in [0.1, 0.15) is 6.10 Å². The van der Waals surface area contributed by atoms with Gasteiger partial charge in [-0.25, -0.2) is 4.79 Å². The molecule has 2 heterocycles. The molecule has 1 aliphatic heterocycles. The van der Waals surface area contributed by atoms with Crippen molar-refractivity contribution in [2.75, 3.05) is 6.61 Å². The summed E-state index contributed by atoms with van der Waals surface area (Å²) in [5, 5.41) is 8.80. The molecule has 1 aromatic rings. The number of rotatable bonds is 2. The van der Waals surface area contributed by atoms with Gasteiger partial charge in [0.05, 0.1) is 12.8 Å². The summed E-state index contributed by atoms with van der Waals surface area (Å²) in [7, 11) is 0. The Labute approximate surface area is 88.6 Å².